The SMILES string of the molecule is CCOC(C)(C)CN1CC(=O)NC(C(C)(C)C)C1=O. The van der Waals surface area contributed by atoms with Gasteiger partial charge in [-0.25, -0.2) is 0 Å². The van der Waals surface area contributed by atoms with Gasteiger partial charge in [0.1, 0.15) is 6.04 Å². The van der Waals surface area contributed by atoms with Crippen LogP contribution in [0.4, 0.5) is 0 Å². The van der Waals surface area contributed by atoms with E-state index in [0.29, 0.717) is 13.2 Å². The van der Waals surface area contributed by atoms with Crippen molar-refractivity contribution in [2.45, 2.75) is 53.2 Å². The molecule has 1 aliphatic heterocycles. The summed E-state index contributed by atoms with van der Waals surface area (Å²) in [5, 5.41) is 2.78. The molecule has 1 N–H and O–H groups in total. The maximum Gasteiger partial charge on any atom is 0.246 e. The van der Waals surface area contributed by atoms with Gasteiger partial charge in [-0.2, -0.15) is 0 Å². The molecule has 0 aromatic heterocycles. The predicted molar refractivity (Wildman–Crippen MR) is 73.7 cm³/mol. The Kier molecular flexibility index (Phi) is 4.61. The second-order valence-corrected chi connectivity index (χ2v) is 6.75. The molecule has 1 unspecified atom stereocenters. The molecule has 0 aromatic carbocycles. The minimum absolute atomic E-state index is 0.0279. The van der Waals surface area contributed by atoms with Gasteiger partial charge in [-0.3, -0.25) is 9.59 Å². The second-order valence-electron chi connectivity index (χ2n) is 6.75. The molecule has 0 spiro atoms. The molecule has 1 saturated heterocycles. The summed E-state index contributed by atoms with van der Waals surface area (Å²) in [6, 6.07) is -0.467. The van der Waals surface area contributed by atoms with Crippen LogP contribution >= 0.6 is 0 Å². The summed E-state index contributed by atoms with van der Waals surface area (Å²) in [6.45, 7) is 12.8. The number of rotatable bonds is 4. The van der Waals surface area contributed by atoms with Gasteiger partial charge in [0.25, 0.3) is 0 Å². The molecule has 1 rings (SSSR count). The van der Waals surface area contributed by atoms with Crippen molar-refractivity contribution in [1.82, 2.24) is 10.2 Å². The minimum atomic E-state index is -0.467. The topological polar surface area (TPSA) is 58.6 Å². The number of amides is 2. The molecule has 0 bridgehead atoms. The van der Waals surface area contributed by atoms with Gasteiger partial charge in [0.05, 0.1) is 12.1 Å². The molecule has 0 radical (unpaired) electrons. The van der Waals surface area contributed by atoms with Crippen LogP contribution in [0.1, 0.15) is 41.5 Å². The van der Waals surface area contributed by atoms with Crippen molar-refractivity contribution in [3.05, 3.63) is 0 Å². The molecular formula is C14H26N2O3. The Morgan fingerprint density at radius 1 is 1.26 bits per heavy atom. The van der Waals surface area contributed by atoms with Gasteiger partial charge in [0, 0.05) is 13.2 Å². The smallest absolute Gasteiger partial charge is 0.246 e. The van der Waals surface area contributed by atoms with E-state index in [1.807, 2.05) is 41.5 Å². The van der Waals surface area contributed by atoms with Crippen LogP contribution in [-0.2, 0) is 14.3 Å². The van der Waals surface area contributed by atoms with E-state index in [9.17, 15) is 9.59 Å². The lowest BCUT2D eigenvalue weighted by Crippen LogP contribution is -2.64. The quantitative estimate of drug-likeness (QED) is 0.834. The van der Waals surface area contributed by atoms with Crippen LogP contribution in [0.5, 0.6) is 0 Å². The number of carbonyl (C=O) groups is 2. The lowest BCUT2D eigenvalue weighted by atomic mass is 9.84. The summed E-state index contributed by atoms with van der Waals surface area (Å²) in [5.74, 6) is -0.133. The van der Waals surface area contributed by atoms with E-state index >= 15 is 0 Å². The number of hydrogen-bond acceptors (Lipinski definition) is 3. The molecule has 1 atom stereocenters. The molecule has 2 amide bonds. The van der Waals surface area contributed by atoms with E-state index in [1.165, 1.54) is 0 Å². The van der Waals surface area contributed by atoms with Crippen molar-refractivity contribution < 1.29 is 14.3 Å². The third-order valence-electron chi connectivity index (χ3n) is 3.17. The van der Waals surface area contributed by atoms with Crippen LogP contribution in [0.3, 0.4) is 0 Å². The van der Waals surface area contributed by atoms with Gasteiger partial charge >= 0.3 is 0 Å². The lowest BCUT2D eigenvalue weighted by molar-refractivity contribution is -0.151. The Hall–Kier alpha value is -1.10. The third-order valence-corrected chi connectivity index (χ3v) is 3.17. The molecule has 0 aliphatic carbocycles. The first-order chi connectivity index (χ1) is 8.57. The van der Waals surface area contributed by atoms with Gasteiger partial charge in [-0.05, 0) is 26.2 Å². The van der Waals surface area contributed by atoms with Crippen LogP contribution in [0, 0.1) is 5.41 Å². The number of nitrogens with zero attached hydrogens (tertiary/aromatic N) is 1. The Morgan fingerprint density at radius 3 is 2.32 bits per heavy atom. The van der Waals surface area contributed by atoms with Gasteiger partial charge < -0.3 is 15.0 Å². The summed E-state index contributed by atoms with van der Waals surface area (Å²) in [4.78, 5) is 25.8. The molecule has 0 aromatic rings. The van der Waals surface area contributed by atoms with Crippen molar-refractivity contribution in [3.63, 3.8) is 0 Å². The Labute approximate surface area is 115 Å². The molecular weight excluding hydrogens is 244 g/mol. The summed E-state index contributed by atoms with van der Waals surface area (Å²) in [6.07, 6.45) is 0. The van der Waals surface area contributed by atoms with Crippen molar-refractivity contribution in [2.24, 2.45) is 5.41 Å². The molecule has 110 valence electrons. The fraction of sp³-hybridized carbons (Fsp3) is 0.857. The van der Waals surface area contributed by atoms with Crippen molar-refractivity contribution in [2.75, 3.05) is 19.7 Å². The summed E-state index contributed by atoms with van der Waals surface area (Å²) in [7, 11) is 0. The first kappa shape index (κ1) is 16.0. The zero-order valence-electron chi connectivity index (χ0n) is 12.9. The van der Waals surface area contributed by atoms with Gasteiger partial charge in [-0.1, -0.05) is 20.8 Å². The zero-order valence-corrected chi connectivity index (χ0v) is 12.9. The van der Waals surface area contributed by atoms with E-state index in [0.717, 1.165) is 0 Å². The molecule has 1 aliphatic rings. The number of carbonyl (C=O) groups excluding carboxylic acids is 2. The maximum atomic E-state index is 12.5. The van der Waals surface area contributed by atoms with E-state index < -0.39 is 11.6 Å². The number of ether oxygens (including phenoxy) is 1. The molecule has 1 fully saturated rings. The zero-order chi connectivity index (χ0) is 14.8. The first-order valence-electron chi connectivity index (χ1n) is 6.79. The fourth-order valence-electron chi connectivity index (χ4n) is 2.32. The van der Waals surface area contributed by atoms with Gasteiger partial charge in [-0.15, -0.1) is 0 Å². The highest BCUT2D eigenvalue weighted by Gasteiger charge is 2.41. The van der Waals surface area contributed by atoms with Gasteiger partial charge in [0.2, 0.25) is 11.8 Å². The van der Waals surface area contributed by atoms with Crippen molar-refractivity contribution in [1.29, 1.82) is 0 Å². The maximum absolute atomic E-state index is 12.5. The van der Waals surface area contributed by atoms with Crippen LogP contribution < -0.4 is 5.32 Å². The molecule has 0 saturated carbocycles. The molecule has 5 nitrogen and oxygen atoms in total. The lowest BCUT2D eigenvalue weighted by Gasteiger charge is -2.41. The number of piperazine rings is 1. The molecule has 19 heavy (non-hydrogen) atoms. The first-order valence-corrected chi connectivity index (χ1v) is 6.79. The van der Waals surface area contributed by atoms with Crippen molar-refractivity contribution in [3.8, 4) is 0 Å². The predicted octanol–water partition coefficient (Wildman–Crippen LogP) is 1.17. The monoisotopic (exact) mass is 270 g/mol. The highest BCUT2D eigenvalue weighted by molar-refractivity contribution is 5.95. The average molecular weight is 270 g/mol. The highest BCUT2D eigenvalue weighted by atomic mass is 16.5. The third kappa shape index (κ3) is 4.20. The Balaban J connectivity index is 2.84. The fourth-order valence-corrected chi connectivity index (χ4v) is 2.32. The summed E-state index contributed by atoms with van der Waals surface area (Å²) >= 11 is 0. The second kappa shape index (κ2) is 5.49. The van der Waals surface area contributed by atoms with Crippen molar-refractivity contribution >= 4 is 11.8 Å². The van der Waals surface area contributed by atoms with Crippen LogP contribution in [0.25, 0.3) is 0 Å². The number of nitrogens with one attached hydrogen (secondary N) is 1. The number of hydrogen-bond donors (Lipinski definition) is 1. The molecule has 5 heteroatoms. The van der Waals surface area contributed by atoms with Gasteiger partial charge in [0.15, 0.2) is 0 Å². The molecule has 1 heterocycles. The largest absolute Gasteiger partial charge is 0.374 e. The summed E-state index contributed by atoms with van der Waals surface area (Å²) in [5.41, 5.74) is -0.731. The van der Waals surface area contributed by atoms with E-state index in [4.69, 9.17) is 4.74 Å². The van der Waals surface area contributed by atoms with E-state index in [2.05, 4.69) is 5.32 Å². The standard InChI is InChI=1S/C14H26N2O3/c1-7-19-14(5,6)9-16-8-10(17)15-11(12(16)18)13(2,3)4/h11H,7-9H2,1-6H3,(H,15,17). The highest BCUT2D eigenvalue weighted by Crippen LogP contribution is 2.24. The van der Waals surface area contributed by atoms with E-state index in [1.54, 1.807) is 4.90 Å². The van der Waals surface area contributed by atoms with Crippen LogP contribution in [-0.4, -0.2) is 48.1 Å². The Bertz CT molecular complexity index is 358. The normalized spacial score (nSPS) is 21.6. The summed E-state index contributed by atoms with van der Waals surface area (Å²) < 4.78 is 5.61. The van der Waals surface area contributed by atoms with E-state index in [-0.39, 0.29) is 23.8 Å². The minimum Gasteiger partial charge on any atom is -0.374 e. The van der Waals surface area contributed by atoms with Crippen LogP contribution in [0.2, 0.25) is 0 Å². The average Bonchev–Trinajstić information content (AvgIpc) is 2.20. The van der Waals surface area contributed by atoms with Crippen LogP contribution in [0.15, 0.2) is 0 Å². The Morgan fingerprint density at radius 2 is 1.84 bits per heavy atom.